The summed E-state index contributed by atoms with van der Waals surface area (Å²) >= 11 is 13.4. The van der Waals surface area contributed by atoms with Crippen LogP contribution < -0.4 is 10.5 Å². The molecule has 0 saturated carbocycles. The maximum atomic E-state index is 6.10. The van der Waals surface area contributed by atoms with E-state index >= 15 is 0 Å². The SMILES string of the molecule is NSc1ccc(NCc2c(Cl)cccc2Cl)cc1. The number of hydrogen-bond donors (Lipinski definition) is 2. The minimum atomic E-state index is 0.591. The van der Waals surface area contributed by atoms with Crippen LogP contribution in [0.5, 0.6) is 0 Å². The van der Waals surface area contributed by atoms with Gasteiger partial charge in [-0.1, -0.05) is 29.3 Å². The zero-order valence-corrected chi connectivity index (χ0v) is 11.8. The van der Waals surface area contributed by atoms with Crippen molar-refractivity contribution < 1.29 is 0 Å². The predicted molar refractivity (Wildman–Crippen MR) is 80.3 cm³/mol. The molecule has 0 amide bonds. The molecule has 0 heterocycles. The Morgan fingerprint density at radius 3 is 2.17 bits per heavy atom. The molecule has 0 aliphatic rings. The summed E-state index contributed by atoms with van der Waals surface area (Å²) in [5.74, 6) is 0. The molecule has 3 N–H and O–H groups in total. The lowest BCUT2D eigenvalue weighted by molar-refractivity contribution is 1.15. The molecule has 0 unspecified atom stereocenters. The first kappa shape index (κ1) is 13.6. The molecule has 0 bridgehead atoms. The number of benzene rings is 2. The second kappa shape index (κ2) is 6.34. The first-order valence-electron chi connectivity index (χ1n) is 5.34. The van der Waals surface area contributed by atoms with Crippen molar-refractivity contribution in [2.24, 2.45) is 5.14 Å². The second-order valence-electron chi connectivity index (χ2n) is 3.70. The summed E-state index contributed by atoms with van der Waals surface area (Å²) in [6, 6.07) is 13.4. The van der Waals surface area contributed by atoms with E-state index in [1.54, 1.807) is 0 Å². The van der Waals surface area contributed by atoms with Crippen LogP contribution in [0.2, 0.25) is 10.0 Å². The molecule has 0 spiro atoms. The Balaban J connectivity index is 2.06. The Morgan fingerprint density at radius 2 is 1.61 bits per heavy atom. The molecular formula is C13H12Cl2N2S. The van der Waals surface area contributed by atoms with Crippen LogP contribution in [0, 0.1) is 0 Å². The van der Waals surface area contributed by atoms with Gasteiger partial charge in [-0.15, -0.1) is 0 Å². The van der Waals surface area contributed by atoms with E-state index in [0.717, 1.165) is 16.1 Å². The third-order valence-corrected chi connectivity index (χ3v) is 3.77. The molecule has 2 rings (SSSR count). The maximum absolute atomic E-state index is 6.10. The zero-order chi connectivity index (χ0) is 13.0. The van der Waals surface area contributed by atoms with E-state index in [0.29, 0.717) is 16.6 Å². The molecule has 2 aromatic rings. The van der Waals surface area contributed by atoms with Crippen LogP contribution in [0.15, 0.2) is 47.4 Å². The van der Waals surface area contributed by atoms with Crippen molar-refractivity contribution in [3.05, 3.63) is 58.1 Å². The molecule has 0 aliphatic carbocycles. The van der Waals surface area contributed by atoms with Gasteiger partial charge < -0.3 is 5.32 Å². The first-order chi connectivity index (χ1) is 8.70. The minimum Gasteiger partial charge on any atom is -0.381 e. The van der Waals surface area contributed by atoms with Crippen LogP contribution in [0.3, 0.4) is 0 Å². The van der Waals surface area contributed by atoms with Gasteiger partial charge in [-0.05, 0) is 48.3 Å². The highest BCUT2D eigenvalue weighted by Crippen LogP contribution is 2.25. The van der Waals surface area contributed by atoms with Crippen LogP contribution in [0.4, 0.5) is 5.69 Å². The highest BCUT2D eigenvalue weighted by atomic mass is 35.5. The number of rotatable bonds is 4. The van der Waals surface area contributed by atoms with Crippen molar-refractivity contribution >= 4 is 40.8 Å². The van der Waals surface area contributed by atoms with Crippen molar-refractivity contribution in [1.29, 1.82) is 0 Å². The van der Waals surface area contributed by atoms with Crippen LogP contribution in [-0.4, -0.2) is 0 Å². The van der Waals surface area contributed by atoms with E-state index in [1.165, 1.54) is 11.9 Å². The highest BCUT2D eigenvalue weighted by Gasteiger charge is 2.04. The van der Waals surface area contributed by atoms with E-state index in [4.69, 9.17) is 28.3 Å². The Labute approximate surface area is 121 Å². The Kier molecular flexibility index (Phi) is 4.78. The quantitative estimate of drug-likeness (QED) is 0.812. The van der Waals surface area contributed by atoms with E-state index < -0.39 is 0 Å². The highest BCUT2D eigenvalue weighted by molar-refractivity contribution is 7.97. The van der Waals surface area contributed by atoms with Gasteiger partial charge >= 0.3 is 0 Å². The molecule has 5 heteroatoms. The predicted octanol–water partition coefficient (Wildman–Crippen LogP) is 4.57. The fourth-order valence-electron chi connectivity index (χ4n) is 1.54. The third-order valence-electron chi connectivity index (χ3n) is 2.52. The number of halogens is 2. The van der Waals surface area contributed by atoms with Crippen molar-refractivity contribution in [3.8, 4) is 0 Å². The number of hydrogen-bond acceptors (Lipinski definition) is 3. The van der Waals surface area contributed by atoms with Crippen LogP contribution in [0.1, 0.15) is 5.56 Å². The topological polar surface area (TPSA) is 38.0 Å². The van der Waals surface area contributed by atoms with Crippen LogP contribution in [0.25, 0.3) is 0 Å². The second-order valence-corrected chi connectivity index (χ2v) is 5.22. The Hall–Kier alpha value is -0.870. The summed E-state index contributed by atoms with van der Waals surface area (Å²) in [7, 11) is 0. The summed E-state index contributed by atoms with van der Waals surface area (Å²) in [6.45, 7) is 0.591. The normalized spacial score (nSPS) is 10.4. The largest absolute Gasteiger partial charge is 0.381 e. The lowest BCUT2D eigenvalue weighted by atomic mass is 10.2. The standard InChI is InChI=1S/C13H12Cl2N2S/c14-12-2-1-3-13(15)11(12)8-17-9-4-6-10(18-16)7-5-9/h1-7,17H,8,16H2. The van der Waals surface area contributed by atoms with Gasteiger partial charge in [0.15, 0.2) is 0 Å². The van der Waals surface area contributed by atoms with Crippen molar-refractivity contribution in [2.75, 3.05) is 5.32 Å². The molecule has 0 aromatic heterocycles. The fourth-order valence-corrected chi connectivity index (χ4v) is 2.37. The number of anilines is 1. The summed E-state index contributed by atoms with van der Waals surface area (Å²) in [4.78, 5) is 1.02. The maximum Gasteiger partial charge on any atom is 0.0470 e. The number of nitrogens with one attached hydrogen (secondary N) is 1. The molecule has 0 saturated heterocycles. The third kappa shape index (κ3) is 3.33. The monoisotopic (exact) mass is 298 g/mol. The van der Waals surface area contributed by atoms with Crippen LogP contribution in [-0.2, 0) is 6.54 Å². The van der Waals surface area contributed by atoms with Gasteiger partial charge in [0.05, 0.1) is 0 Å². The zero-order valence-electron chi connectivity index (χ0n) is 9.49. The molecule has 94 valence electrons. The van der Waals surface area contributed by atoms with Gasteiger partial charge in [-0.2, -0.15) is 0 Å². The van der Waals surface area contributed by atoms with Crippen LogP contribution >= 0.6 is 35.1 Å². The fraction of sp³-hybridized carbons (Fsp3) is 0.0769. The van der Waals surface area contributed by atoms with Gasteiger partial charge in [0.25, 0.3) is 0 Å². The van der Waals surface area contributed by atoms with Crippen molar-refractivity contribution in [3.63, 3.8) is 0 Å². The Bertz CT molecular complexity index is 509. The smallest absolute Gasteiger partial charge is 0.0470 e. The van der Waals surface area contributed by atoms with Gasteiger partial charge in [0, 0.05) is 32.7 Å². The number of nitrogens with two attached hydrogens (primary N) is 1. The molecule has 2 aromatic carbocycles. The molecule has 0 aliphatic heterocycles. The molecule has 0 atom stereocenters. The summed E-state index contributed by atoms with van der Waals surface area (Å²) in [5.41, 5.74) is 1.90. The molecule has 18 heavy (non-hydrogen) atoms. The lowest BCUT2D eigenvalue weighted by Gasteiger charge is -2.10. The first-order valence-corrected chi connectivity index (χ1v) is 6.98. The van der Waals surface area contributed by atoms with Gasteiger partial charge in [0.1, 0.15) is 0 Å². The van der Waals surface area contributed by atoms with Gasteiger partial charge in [-0.25, -0.2) is 0 Å². The molecular weight excluding hydrogens is 287 g/mol. The minimum absolute atomic E-state index is 0.591. The van der Waals surface area contributed by atoms with E-state index in [-0.39, 0.29) is 0 Å². The summed E-state index contributed by atoms with van der Waals surface area (Å²) < 4.78 is 0. The average molecular weight is 299 g/mol. The lowest BCUT2D eigenvalue weighted by Crippen LogP contribution is -2.00. The van der Waals surface area contributed by atoms with E-state index in [1.807, 2.05) is 42.5 Å². The summed E-state index contributed by atoms with van der Waals surface area (Å²) in [5, 5.41) is 10.1. The van der Waals surface area contributed by atoms with Gasteiger partial charge in [-0.3, -0.25) is 5.14 Å². The van der Waals surface area contributed by atoms with E-state index in [9.17, 15) is 0 Å². The molecule has 0 radical (unpaired) electrons. The molecule has 0 fully saturated rings. The van der Waals surface area contributed by atoms with Crippen molar-refractivity contribution in [2.45, 2.75) is 11.4 Å². The van der Waals surface area contributed by atoms with Gasteiger partial charge in [0.2, 0.25) is 0 Å². The molecule has 2 nitrogen and oxygen atoms in total. The van der Waals surface area contributed by atoms with E-state index in [2.05, 4.69) is 5.32 Å². The van der Waals surface area contributed by atoms with Crippen molar-refractivity contribution in [1.82, 2.24) is 0 Å². The Morgan fingerprint density at radius 1 is 1.00 bits per heavy atom. The summed E-state index contributed by atoms with van der Waals surface area (Å²) in [6.07, 6.45) is 0. The average Bonchev–Trinajstić information content (AvgIpc) is 2.39.